The number of hydrogen-bond acceptors (Lipinski definition) is 7. The second kappa shape index (κ2) is 18.6. The van der Waals surface area contributed by atoms with Crippen LogP contribution in [0.5, 0.6) is 0 Å². The van der Waals surface area contributed by atoms with Crippen LogP contribution in [0.2, 0.25) is 0 Å². The van der Waals surface area contributed by atoms with Gasteiger partial charge in [-0.3, -0.25) is 14.1 Å². The largest absolute Gasteiger partial charge is 0.481 e. The van der Waals surface area contributed by atoms with Gasteiger partial charge in [-0.05, 0) is 38.3 Å². The first kappa shape index (κ1) is 26.5. The van der Waals surface area contributed by atoms with Crippen molar-refractivity contribution in [2.75, 3.05) is 19.8 Å². The summed E-state index contributed by atoms with van der Waals surface area (Å²) in [6.45, 7) is 5.01. The van der Waals surface area contributed by atoms with Crippen molar-refractivity contribution in [1.82, 2.24) is 0 Å². The van der Waals surface area contributed by atoms with E-state index in [0.29, 0.717) is 5.57 Å². The number of esters is 1. The molecule has 11 heteroatoms. The van der Waals surface area contributed by atoms with E-state index in [2.05, 4.69) is 34.3 Å². The van der Waals surface area contributed by atoms with Crippen molar-refractivity contribution in [3.8, 4) is 0 Å². The normalized spacial score (nSPS) is 9.91. The molecule has 0 aliphatic rings. The Bertz CT molecular complexity index is 392. The number of aliphatic hydroxyl groups is 1. The minimum atomic E-state index is -1.11. The number of nitrogens with two attached hydrogens (primary N) is 1. The fourth-order valence-corrected chi connectivity index (χ4v) is 0.986. The molecule has 9 nitrogen and oxygen atoms in total. The van der Waals surface area contributed by atoms with Crippen LogP contribution in [-0.4, -0.2) is 53.0 Å². The predicted octanol–water partition coefficient (Wildman–Crippen LogP) is 0.712. The Kier molecular flexibility index (Phi) is 21.5. The van der Waals surface area contributed by atoms with Crippen LogP contribution in [0.25, 0.3) is 0 Å². The lowest BCUT2D eigenvalue weighted by Gasteiger charge is -2.06. The molecule has 5 N–H and O–H groups in total. The van der Waals surface area contributed by atoms with E-state index in [4.69, 9.17) is 21.1 Å². The van der Waals surface area contributed by atoms with Gasteiger partial charge in [0, 0.05) is 5.57 Å². The van der Waals surface area contributed by atoms with Crippen LogP contribution in [0, 0.1) is 5.92 Å². The van der Waals surface area contributed by atoms with Crippen molar-refractivity contribution in [2.24, 2.45) is 16.2 Å². The number of carbonyl (C=O) groups excluding carboxylic acids is 1. The Morgan fingerprint density at radius 3 is 2.13 bits per heavy atom. The Morgan fingerprint density at radius 2 is 1.87 bits per heavy atom. The number of carboxylic acid groups (broad SMARTS) is 2. The zero-order chi connectivity index (χ0) is 18.8. The third-order valence-electron chi connectivity index (χ3n) is 1.96. The van der Waals surface area contributed by atoms with Crippen molar-refractivity contribution >= 4 is 36.3 Å². The number of nitrogens with zero attached hydrogens (tertiary/aromatic N) is 1. The Labute approximate surface area is 139 Å². The molecule has 134 valence electrons. The summed E-state index contributed by atoms with van der Waals surface area (Å²) in [4.78, 5) is 30.9. The summed E-state index contributed by atoms with van der Waals surface area (Å²) in [5, 5.41) is 24.9. The zero-order valence-electron chi connectivity index (χ0n) is 12.9. The van der Waals surface area contributed by atoms with E-state index in [1.54, 1.807) is 6.92 Å². The van der Waals surface area contributed by atoms with Gasteiger partial charge in [0.05, 0.1) is 18.9 Å². The van der Waals surface area contributed by atoms with Gasteiger partial charge in [-0.25, -0.2) is 4.79 Å². The molecule has 0 bridgehead atoms. The fourth-order valence-electron chi connectivity index (χ4n) is 0.986. The monoisotopic (exact) mass is 370 g/mol. The predicted molar refractivity (Wildman–Crippen MR) is 90.4 cm³/mol. The summed E-state index contributed by atoms with van der Waals surface area (Å²) in [7, 11) is 4.89. The van der Waals surface area contributed by atoms with E-state index in [-0.39, 0.29) is 32.6 Å². The molecule has 2 atom stereocenters. The van der Waals surface area contributed by atoms with Crippen molar-refractivity contribution < 1.29 is 34.4 Å². The minimum Gasteiger partial charge on any atom is -0.481 e. The lowest BCUT2D eigenvalue weighted by molar-refractivity contribution is -0.148. The van der Waals surface area contributed by atoms with Gasteiger partial charge in [-0.15, -0.1) is 0 Å². The maximum absolute atomic E-state index is 10.5. The number of aliphatic carboxylic acids is 2. The highest BCUT2D eigenvalue weighted by atomic mass is 31.1. The van der Waals surface area contributed by atoms with Crippen molar-refractivity contribution in [2.45, 2.75) is 19.8 Å². The molecule has 0 aliphatic heterocycles. The highest BCUT2D eigenvalue weighted by Gasteiger charge is 2.19. The summed E-state index contributed by atoms with van der Waals surface area (Å²) in [5.74, 6) is -3.51. The number of ether oxygens (including phenoxy) is 1. The number of rotatable bonds is 8. The second-order valence-electron chi connectivity index (χ2n) is 3.98. The van der Waals surface area contributed by atoms with Crippen molar-refractivity contribution in [3.05, 3.63) is 12.2 Å². The molecule has 0 rings (SSSR count). The molecular formula is C12H24N2O7P2. The van der Waals surface area contributed by atoms with Gasteiger partial charge >= 0.3 is 17.9 Å². The first-order valence-corrected chi connectivity index (χ1v) is 7.28. The maximum Gasteiger partial charge on any atom is 0.333 e. The number of aliphatic hydroxyl groups excluding tert-OH is 1. The summed E-state index contributed by atoms with van der Waals surface area (Å²) in [6.07, 6.45) is -0.145. The van der Waals surface area contributed by atoms with E-state index in [1.165, 1.54) is 0 Å². The van der Waals surface area contributed by atoms with Crippen molar-refractivity contribution in [1.29, 1.82) is 0 Å². The first-order valence-electron chi connectivity index (χ1n) is 6.32. The summed E-state index contributed by atoms with van der Waals surface area (Å²) in [6, 6.07) is 0. The van der Waals surface area contributed by atoms with Crippen LogP contribution in [0.3, 0.4) is 0 Å². The third-order valence-corrected chi connectivity index (χ3v) is 1.96. The molecule has 0 amide bonds. The van der Waals surface area contributed by atoms with Gasteiger partial charge in [-0.1, -0.05) is 6.58 Å². The highest BCUT2D eigenvalue weighted by Crippen LogP contribution is 2.07. The Hall–Kier alpha value is -1.40. The van der Waals surface area contributed by atoms with Crippen molar-refractivity contribution in [3.63, 3.8) is 0 Å². The van der Waals surface area contributed by atoms with E-state index in [9.17, 15) is 14.4 Å². The fraction of sp³-hybridized carbons (Fsp3) is 0.583. The molecule has 0 aromatic carbocycles. The lowest BCUT2D eigenvalue weighted by atomic mass is 10.0. The van der Waals surface area contributed by atoms with Gasteiger partial charge in [0.15, 0.2) is 0 Å². The molecule has 0 spiro atoms. The summed E-state index contributed by atoms with van der Waals surface area (Å²) < 4.78 is 7.69. The molecule has 0 aromatic rings. The van der Waals surface area contributed by atoms with Gasteiger partial charge in [0.1, 0.15) is 6.61 Å². The number of hydrogen-bond donors (Lipinski definition) is 4. The van der Waals surface area contributed by atoms with Crippen LogP contribution in [0.4, 0.5) is 0 Å². The number of carboxylic acids is 2. The molecule has 0 saturated heterocycles. The average Bonchev–Trinajstić information content (AvgIpc) is 2.45. The van der Waals surface area contributed by atoms with Crippen LogP contribution >= 0.6 is 18.4 Å². The van der Waals surface area contributed by atoms with Crippen LogP contribution in [0.1, 0.15) is 19.8 Å². The van der Waals surface area contributed by atoms with E-state index >= 15 is 0 Å². The topological polar surface area (TPSA) is 160 Å². The molecule has 0 saturated carbocycles. The summed E-state index contributed by atoms with van der Waals surface area (Å²) >= 11 is 0. The molecule has 0 fully saturated rings. The van der Waals surface area contributed by atoms with E-state index in [1.807, 2.05) is 0 Å². The standard InChI is InChI=1S/C6H11NO4.C6H10O3.H3NP2/c7-2-1-4(6(10)11)3-5(8)9;1-5(2)6(8)9-4-3-7;2-1-3/h4H,1-3,7H2,(H,8,9)(H,10,11);7H,1,3-4H2,2H3;2H,3H2. The Morgan fingerprint density at radius 1 is 1.39 bits per heavy atom. The maximum atomic E-state index is 10.5. The molecule has 0 radical (unpaired) electrons. The summed E-state index contributed by atoms with van der Waals surface area (Å²) in [5.41, 5.74) is 5.44. The highest BCUT2D eigenvalue weighted by molar-refractivity contribution is 7.23. The van der Waals surface area contributed by atoms with E-state index < -0.39 is 23.8 Å². The number of carbonyl (C=O) groups is 3. The molecular weight excluding hydrogens is 346 g/mol. The van der Waals surface area contributed by atoms with Gasteiger partial charge in [-0.2, -0.15) is 0 Å². The van der Waals surface area contributed by atoms with Crippen LogP contribution < -0.4 is 5.73 Å². The third kappa shape index (κ3) is 23.0. The van der Waals surface area contributed by atoms with Crippen LogP contribution in [0.15, 0.2) is 16.7 Å². The van der Waals surface area contributed by atoms with E-state index in [0.717, 1.165) is 0 Å². The molecule has 0 heterocycles. The van der Waals surface area contributed by atoms with Crippen LogP contribution in [-0.2, 0) is 19.1 Å². The molecule has 0 aromatic heterocycles. The average molecular weight is 370 g/mol. The molecule has 2 unspecified atom stereocenters. The first-order chi connectivity index (χ1) is 10.7. The SMILES string of the molecule is C=C(C)C(=O)OCCO.NCCC(CC(=O)O)C(=O)O.P=NP. The molecule has 0 aliphatic carbocycles. The smallest absolute Gasteiger partial charge is 0.333 e. The second-order valence-corrected chi connectivity index (χ2v) is 5.01. The van der Waals surface area contributed by atoms with Gasteiger partial charge in [0.2, 0.25) is 0 Å². The minimum absolute atomic E-state index is 0.0473. The molecule has 23 heavy (non-hydrogen) atoms. The zero-order valence-corrected chi connectivity index (χ0v) is 15.1. The Balaban J connectivity index is -0.000000301. The quantitative estimate of drug-likeness (QED) is 0.276. The van der Waals surface area contributed by atoms with Gasteiger partial charge < -0.3 is 25.8 Å². The lowest BCUT2D eigenvalue weighted by Crippen LogP contribution is -2.20. The van der Waals surface area contributed by atoms with Gasteiger partial charge in [0.25, 0.3) is 0 Å².